The maximum Gasteiger partial charge on any atom is 0.311 e. The van der Waals surface area contributed by atoms with Gasteiger partial charge in [0.15, 0.2) is 0 Å². The Morgan fingerprint density at radius 1 is 1.32 bits per heavy atom. The topological polar surface area (TPSA) is 50.2 Å². The summed E-state index contributed by atoms with van der Waals surface area (Å²) in [6.07, 6.45) is 1.81. The van der Waals surface area contributed by atoms with E-state index in [4.69, 9.17) is 11.6 Å². The van der Waals surface area contributed by atoms with E-state index in [1.807, 2.05) is 0 Å². The van der Waals surface area contributed by atoms with Crippen molar-refractivity contribution in [1.82, 2.24) is 4.98 Å². The molecule has 1 aromatic heterocycles. The quantitative estimate of drug-likeness (QED) is 0.874. The van der Waals surface area contributed by atoms with E-state index in [9.17, 15) is 14.3 Å². The van der Waals surface area contributed by atoms with Gasteiger partial charge in [-0.25, -0.2) is 9.37 Å². The molecule has 19 heavy (non-hydrogen) atoms. The fraction of sp³-hybridized carbons (Fsp3) is 0.143. The third-order valence-corrected chi connectivity index (χ3v) is 3.01. The van der Waals surface area contributed by atoms with Gasteiger partial charge in [-0.05, 0) is 41.8 Å². The number of rotatable bonds is 4. The minimum atomic E-state index is -0.959. The number of hydrogen-bond donors (Lipinski definition) is 1. The molecule has 0 bridgehead atoms. The lowest BCUT2D eigenvalue weighted by atomic mass is 9.92. The Balaban J connectivity index is 2.26. The molecule has 0 aliphatic rings. The fourth-order valence-corrected chi connectivity index (χ4v) is 2.04. The molecule has 3 nitrogen and oxygen atoms in total. The van der Waals surface area contributed by atoms with Gasteiger partial charge in [0.25, 0.3) is 0 Å². The summed E-state index contributed by atoms with van der Waals surface area (Å²) in [5.41, 5.74) is 1.33. The van der Waals surface area contributed by atoms with Gasteiger partial charge in [-0.15, -0.1) is 0 Å². The highest BCUT2D eigenvalue weighted by atomic mass is 35.5. The van der Waals surface area contributed by atoms with Gasteiger partial charge in [0.1, 0.15) is 11.0 Å². The number of benzene rings is 1. The Labute approximate surface area is 114 Å². The Morgan fingerprint density at radius 2 is 2.00 bits per heavy atom. The molecule has 1 heterocycles. The molecular formula is C14H11ClFNO2. The maximum absolute atomic E-state index is 12.9. The Bertz CT molecular complexity index is 586. The van der Waals surface area contributed by atoms with Crippen molar-refractivity contribution in [3.63, 3.8) is 0 Å². The molecule has 0 saturated heterocycles. The minimum absolute atomic E-state index is 0.281. The molecule has 0 aliphatic carbocycles. The predicted octanol–water partition coefficient (Wildman–Crippen LogP) is 3.29. The molecule has 0 aliphatic heterocycles. The van der Waals surface area contributed by atoms with Crippen LogP contribution in [0.4, 0.5) is 4.39 Å². The summed E-state index contributed by atoms with van der Waals surface area (Å²) in [5.74, 6) is -2.08. The van der Waals surface area contributed by atoms with Gasteiger partial charge in [0, 0.05) is 6.20 Å². The molecule has 98 valence electrons. The zero-order valence-electron chi connectivity index (χ0n) is 9.88. The first kappa shape index (κ1) is 13.5. The highest BCUT2D eigenvalue weighted by Gasteiger charge is 2.20. The van der Waals surface area contributed by atoms with Crippen LogP contribution in [0.2, 0.25) is 5.15 Å². The largest absolute Gasteiger partial charge is 0.481 e. The summed E-state index contributed by atoms with van der Waals surface area (Å²) in [6, 6.07) is 8.82. The Kier molecular flexibility index (Phi) is 4.12. The van der Waals surface area contributed by atoms with Gasteiger partial charge in [0.05, 0.1) is 5.92 Å². The number of aliphatic carboxylic acids is 1. The van der Waals surface area contributed by atoms with Crippen LogP contribution in [0.1, 0.15) is 17.0 Å². The van der Waals surface area contributed by atoms with E-state index in [-0.39, 0.29) is 12.2 Å². The third kappa shape index (κ3) is 3.51. The van der Waals surface area contributed by atoms with Crippen LogP contribution in [-0.4, -0.2) is 16.1 Å². The average Bonchev–Trinajstić information content (AvgIpc) is 2.37. The van der Waals surface area contributed by atoms with Crippen molar-refractivity contribution >= 4 is 17.6 Å². The van der Waals surface area contributed by atoms with Crippen molar-refractivity contribution in [3.05, 3.63) is 64.7 Å². The number of carbonyl (C=O) groups is 1. The number of aromatic nitrogens is 1. The molecule has 1 atom stereocenters. The summed E-state index contributed by atoms with van der Waals surface area (Å²) in [4.78, 5) is 15.2. The number of carboxylic acids is 1. The standard InChI is InChI=1S/C14H11ClFNO2/c15-13-8-9(5-6-17-13)7-12(14(18)19)10-1-3-11(16)4-2-10/h1-6,8,12H,7H2,(H,18,19). The molecule has 1 N–H and O–H groups in total. The molecular weight excluding hydrogens is 269 g/mol. The number of halogens is 2. The van der Waals surface area contributed by atoms with Crippen LogP contribution in [0.15, 0.2) is 42.6 Å². The van der Waals surface area contributed by atoms with Gasteiger partial charge < -0.3 is 5.11 Å². The van der Waals surface area contributed by atoms with Gasteiger partial charge in [0.2, 0.25) is 0 Å². The summed E-state index contributed by atoms with van der Waals surface area (Å²) < 4.78 is 12.9. The van der Waals surface area contributed by atoms with E-state index in [0.717, 1.165) is 5.56 Å². The monoisotopic (exact) mass is 279 g/mol. The number of pyridine rings is 1. The van der Waals surface area contributed by atoms with E-state index in [1.165, 1.54) is 30.5 Å². The van der Waals surface area contributed by atoms with Gasteiger partial charge in [-0.1, -0.05) is 23.7 Å². The number of nitrogens with zero attached hydrogens (tertiary/aromatic N) is 1. The second-order valence-electron chi connectivity index (χ2n) is 4.13. The normalized spacial score (nSPS) is 12.1. The van der Waals surface area contributed by atoms with E-state index in [1.54, 1.807) is 12.1 Å². The van der Waals surface area contributed by atoms with E-state index in [2.05, 4.69) is 4.98 Å². The zero-order chi connectivity index (χ0) is 13.8. The van der Waals surface area contributed by atoms with Crippen LogP contribution in [0.3, 0.4) is 0 Å². The van der Waals surface area contributed by atoms with Crippen molar-refractivity contribution in [2.45, 2.75) is 12.3 Å². The van der Waals surface area contributed by atoms with Crippen LogP contribution in [0, 0.1) is 5.82 Å². The first-order valence-electron chi connectivity index (χ1n) is 5.65. The van der Waals surface area contributed by atoms with Gasteiger partial charge in [-0.3, -0.25) is 4.79 Å². The number of carboxylic acid groups (broad SMARTS) is 1. The van der Waals surface area contributed by atoms with Crippen molar-refractivity contribution in [2.75, 3.05) is 0 Å². The van der Waals surface area contributed by atoms with Crippen LogP contribution in [0.5, 0.6) is 0 Å². The van der Waals surface area contributed by atoms with Crippen LogP contribution >= 0.6 is 11.6 Å². The molecule has 1 aromatic carbocycles. The lowest BCUT2D eigenvalue weighted by Crippen LogP contribution is -2.14. The lowest BCUT2D eigenvalue weighted by molar-refractivity contribution is -0.138. The van der Waals surface area contributed by atoms with E-state index >= 15 is 0 Å². The molecule has 0 fully saturated rings. The van der Waals surface area contributed by atoms with Crippen molar-refractivity contribution in [2.24, 2.45) is 0 Å². The first-order chi connectivity index (χ1) is 9.06. The summed E-state index contributed by atoms with van der Waals surface area (Å²) >= 11 is 5.77. The molecule has 5 heteroatoms. The molecule has 2 rings (SSSR count). The first-order valence-corrected chi connectivity index (χ1v) is 6.03. The summed E-state index contributed by atoms with van der Waals surface area (Å²) in [6.45, 7) is 0. The second kappa shape index (κ2) is 5.80. The molecule has 2 aromatic rings. The van der Waals surface area contributed by atoms with Crippen LogP contribution in [-0.2, 0) is 11.2 Å². The van der Waals surface area contributed by atoms with Gasteiger partial charge >= 0.3 is 5.97 Å². The molecule has 0 saturated carbocycles. The molecule has 1 unspecified atom stereocenters. The number of hydrogen-bond acceptors (Lipinski definition) is 2. The zero-order valence-corrected chi connectivity index (χ0v) is 10.6. The van der Waals surface area contributed by atoms with E-state index in [0.29, 0.717) is 10.7 Å². The average molecular weight is 280 g/mol. The van der Waals surface area contributed by atoms with Crippen LogP contribution < -0.4 is 0 Å². The Hall–Kier alpha value is -1.94. The third-order valence-electron chi connectivity index (χ3n) is 2.80. The summed E-state index contributed by atoms with van der Waals surface area (Å²) in [5, 5.41) is 9.60. The smallest absolute Gasteiger partial charge is 0.311 e. The van der Waals surface area contributed by atoms with Crippen molar-refractivity contribution in [3.8, 4) is 0 Å². The lowest BCUT2D eigenvalue weighted by Gasteiger charge is -2.13. The van der Waals surface area contributed by atoms with E-state index < -0.39 is 11.9 Å². The highest BCUT2D eigenvalue weighted by Crippen LogP contribution is 2.22. The molecule has 0 amide bonds. The Morgan fingerprint density at radius 3 is 2.58 bits per heavy atom. The maximum atomic E-state index is 12.9. The second-order valence-corrected chi connectivity index (χ2v) is 4.52. The SMILES string of the molecule is O=C(O)C(Cc1ccnc(Cl)c1)c1ccc(F)cc1. The van der Waals surface area contributed by atoms with Crippen molar-refractivity contribution in [1.29, 1.82) is 0 Å². The fourth-order valence-electron chi connectivity index (χ4n) is 1.85. The molecule has 0 spiro atoms. The summed E-state index contributed by atoms with van der Waals surface area (Å²) in [7, 11) is 0. The highest BCUT2D eigenvalue weighted by molar-refractivity contribution is 6.29. The van der Waals surface area contributed by atoms with Gasteiger partial charge in [-0.2, -0.15) is 0 Å². The van der Waals surface area contributed by atoms with Crippen molar-refractivity contribution < 1.29 is 14.3 Å². The molecule has 0 radical (unpaired) electrons. The van der Waals surface area contributed by atoms with Crippen LogP contribution in [0.25, 0.3) is 0 Å². The predicted molar refractivity (Wildman–Crippen MR) is 69.7 cm³/mol. The minimum Gasteiger partial charge on any atom is -0.481 e.